The summed E-state index contributed by atoms with van der Waals surface area (Å²) >= 11 is 1.10. The number of nitro benzene ring substituents is 1. The zero-order valence-electron chi connectivity index (χ0n) is 11.0. The molecule has 1 aliphatic rings. The van der Waals surface area contributed by atoms with Crippen LogP contribution in [-0.2, 0) is 14.8 Å². The molecule has 1 fully saturated rings. The van der Waals surface area contributed by atoms with E-state index in [-0.39, 0.29) is 24.6 Å². The molecule has 0 saturated carbocycles. The van der Waals surface area contributed by atoms with Crippen molar-refractivity contribution in [2.45, 2.75) is 11.7 Å². The second-order valence-electron chi connectivity index (χ2n) is 4.83. The van der Waals surface area contributed by atoms with Gasteiger partial charge in [-0.15, -0.1) is 0 Å². The van der Waals surface area contributed by atoms with Gasteiger partial charge in [-0.25, -0.2) is 18.5 Å². The van der Waals surface area contributed by atoms with Crippen molar-refractivity contribution >= 4 is 48.3 Å². The average Bonchev–Trinajstić information content (AvgIpc) is 2.99. The summed E-state index contributed by atoms with van der Waals surface area (Å²) in [6, 6.07) is 4.18. The summed E-state index contributed by atoms with van der Waals surface area (Å²) in [5.41, 5.74) is 0.440. The molecule has 0 radical (unpaired) electrons. The maximum absolute atomic E-state index is 11.9. The maximum Gasteiger partial charge on any atom is 0.270 e. The topological polar surface area (TPSA) is 136 Å². The molecule has 1 amide bonds. The number of hydrogen-bond donors (Lipinski definition) is 1. The van der Waals surface area contributed by atoms with Crippen LogP contribution in [-0.4, -0.2) is 36.0 Å². The monoisotopic (exact) mass is 342 g/mol. The lowest BCUT2D eigenvalue weighted by Crippen LogP contribution is -2.32. The van der Waals surface area contributed by atoms with Crippen molar-refractivity contribution in [3.63, 3.8) is 0 Å². The van der Waals surface area contributed by atoms with Crippen LogP contribution >= 0.6 is 11.3 Å². The number of hydrogen-bond acceptors (Lipinski definition) is 7. The van der Waals surface area contributed by atoms with Gasteiger partial charge in [-0.2, -0.15) is 0 Å². The Morgan fingerprint density at radius 1 is 1.45 bits per heavy atom. The Morgan fingerprint density at radius 3 is 2.77 bits per heavy atom. The summed E-state index contributed by atoms with van der Waals surface area (Å²) in [7, 11) is -3.80. The maximum atomic E-state index is 11.9. The van der Waals surface area contributed by atoms with Crippen molar-refractivity contribution in [1.29, 1.82) is 0 Å². The molecule has 3 rings (SSSR count). The highest BCUT2D eigenvalue weighted by Gasteiger charge is 2.38. The van der Waals surface area contributed by atoms with E-state index >= 15 is 0 Å². The molecule has 11 heteroatoms. The third-order valence-corrected chi connectivity index (χ3v) is 5.64. The summed E-state index contributed by atoms with van der Waals surface area (Å²) in [6.07, 6.45) is -0.186. The summed E-state index contributed by atoms with van der Waals surface area (Å²) < 4.78 is 23.3. The highest BCUT2D eigenvalue weighted by Crippen LogP contribution is 2.34. The number of primary sulfonamides is 1. The number of fused-ring (bicyclic) bond motifs is 1. The van der Waals surface area contributed by atoms with E-state index in [9.17, 15) is 23.3 Å². The number of nitro groups is 1. The van der Waals surface area contributed by atoms with E-state index in [1.54, 1.807) is 0 Å². The van der Waals surface area contributed by atoms with E-state index in [2.05, 4.69) is 4.98 Å². The predicted molar refractivity (Wildman–Crippen MR) is 80.1 cm³/mol. The summed E-state index contributed by atoms with van der Waals surface area (Å²) in [4.78, 5) is 27.7. The summed E-state index contributed by atoms with van der Waals surface area (Å²) in [5, 5.41) is 15.2. The van der Waals surface area contributed by atoms with Crippen molar-refractivity contribution in [3.8, 4) is 0 Å². The lowest BCUT2D eigenvalue weighted by atomic mass is 10.3. The van der Waals surface area contributed by atoms with Crippen LogP contribution in [0.1, 0.15) is 6.42 Å². The van der Waals surface area contributed by atoms with Gasteiger partial charge in [0, 0.05) is 25.1 Å². The van der Waals surface area contributed by atoms with Crippen LogP contribution < -0.4 is 10.0 Å². The molecule has 0 aliphatic carbocycles. The van der Waals surface area contributed by atoms with Crippen molar-refractivity contribution in [1.82, 2.24) is 4.98 Å². The van der Waals surface area contributed by atoms with E-state index in [1.165, 1.54) is 23.1 Å². The minimum atomic E-state index is -3.80. The van der Waals surface area contributed by atoms with E-state index in [0.29, 0.717) is 15.3 Å². The number of thiazole rings is 1. The standard InChI is InChI=1S/C11H10N4O5S2/c12-22(19,20)7-4-10(16)14(5-7)11-13-8-2-1-6(15(17)18)3-9(8)21-11/h1-3,7H,4-5H2,(H2,12,19,20). The summed E-state index contributed by atoms with van der Waals surface area (Å²) in [6.45, 7) is -0.0560. The van der Waals surface area contributed by atoms with Crippen LogP contribution in [0.5, 0.6) is 0 Å². The molecule has 1 aliphatic heterocycles. The van der Waals surface area contributed by atoms with Gasteiger partial charge in [0.05, 0.1) is 15.1 Å². The van der Waals surface area contributed by atoms with E-state index in [0.717, 1.165) is 11.3 Å². The first-order valence-electron chi connectivity index (χ1n) is 6.12. The molecule has 116 valence electrons. The molecule has 9 nitrogen and oxygen atoms in total. The van der Waals surface area contributed by atoms with Crippen molar-refractivity contribution in [2.75, 3.05) is 11.4 Å². The van der Waals surface area contributed by atoms with Gasteiger partial charge < -0.3 is 0 Å². The number of sulfonamides is 1. The van der Waals surface area contributed by atoms with Crippen molar-refractivity contribution in [2.24, 2.45) is 5.14 Å². The number of rotatable bonds is 3. The van der Waals surface area contributed by atoms with Crippen molar-refractivity contribution < 1.29 is 18.1 Å². The van der Waals surface area contributed by atoms with E-state index in [4.69, 9.17) is 5.14 Å². The average molecular weight is 342 g/mol. The molecular weight excluding hydrogens is 332 g/mol. The zero-order valence-corrected chi connectivity index (χ0v) is 12.6. The summed E-state index contributed by atoms with van der Waals surface area (Å²) in [5.74, 6) is -0.382. The van der Waals surface area contributed by atoms with Crippen LogP contribution in [0, 0.1) is 10.1 Å². The van der Waals surface area contributed by atoms with Gasteiger partial charge in [-0.05, 0) is 6.07 Å². The highest BCUT2D eigenvalue weighted by atomic mass is 32.2. The van der Waals surface area contributed by atoms with Gasteiger partial charge in [0.15, 0.2) is 5.13 Å². The molecule has 1 saturated heterocycles. The predicted octanol–water partition coefficient (Wildman–Crippen LogP) is 0.598. The first kappa shape index (κ1) is 14.8. The number of amides is 1. The Kier molecular flexibility index (Phi) is 3.34. The van der Waals surface area contributed by atoms with Gasteiger partial charge in [0.2, 0.25) is 15.9 Å². The number of benzene rings is 1. The lowest BCUT2D eigenvalue weighted by Gasteiger charge is -2.11. The molecule has 2 aromatic rings. The minimum absolute atomic E-state index is 0.0560. The van der Waals surface area contributed by atoms with Crippen LogP contribution in [0.2, 0.25) is 0 Å². The van der Waals surface area contributed by atoms with Gasteiger partial charge >= 0.3 is 0 Å². The number of anilines is 1. The lowest BCUT2D eigenvalue weighted by molar-refractivity contribution is -0.384. The fourth-order valence-corrected chi connectivity index (χ4v) is 3.97. The fourth-order valence-electron chi connectivity index (χ4n) is 2.21. The van der Waals surface area contributed by atoms with Gasteiger partial charge in [-0.1, -0.05) is 11.3 Å². The van der Waals surface area contributed by atoms with E-state index in [1.807, 2.05) is 0 Å². The number of carbonyl (C=O) groups is 1. The van der Waals surface area contributed by atoms with E-state index < -0.39 is 20.2 Å². The first-order chi connectivity index (χ1) is 10.3. The fraction of sp³-hybridized carbons (Fsp3) is 0.273. The molecule has 0 bridgehead atoms. The second kappa shape index (κ2) is 4.97. The largest absolute Gasteiger partial charge is 0.287 e. The van der Waals surface area contributed by atoms with Crippen LogP contribution in [0.15, 0.2) is 18.2 Å². The number of nitrogens with two attached hydrogens (primary N) is 1. The molecule has 1 atom stereocenters. The van der Waals surface area contributed by atoms with Gasteiger partial charge in [0.25, 0.3) is 5.69 Å². The molecule has 1 aromatic heterocycles. The normalized spacial score (nSPS) is 19.0. The SMILES string of the molecule is NS(=O)(=O)C1CC(=O)N(c2nc3ccc([N+](=O)[O-])cc3s2)C1. The minimum Gasteiger partial charge on any atom is -0.287 e. The molecule has 2 heterocycles. The molecule has 2 N–H and O–H groups in total. The smallest absolute Gasteiger partial charge is 0.270 e. The quantitative estimate of drug-likeness (QED) is 0.640. The first-order valence-corrected chi connectivity index (χ1v) is 8.55. The third kappa shape index (κ3) is 2.53. The molecule has 22 heavy (non-hydrogen) atoms. The number of aromatic nitrogens is 1. The number of carbonyl (C=O) groups excluding carboxylic acids is 1. The Labute approximate surface area is 128 Å². The van der Waals surface area contributed by atoms with Crippen molar-refractivity contribution in [3.05, 3.63) is 28.3 Å². The Balaban J connectivity index is 1.97. The van der Waals surface area contributed by atoms with Crippen LogP contribution in [0.4, 0.5) is 10.8 Å². The van der Waals surface area contributed by atoms with Gasteiger partial charge in [0.1, 0.15) is 5.25 Å². The third-order valence-electron chi connectivity index (χ3n) is 3.36. The van der Waals surface area contributed by atoms with Crippen LogP contribution in [0.25, 0.3) is 10.2 Å². The Hall–Kier alpha value is -2.11. The molecular formula is C11H10N4O5S2. The Morgan fingerprint density at radius 2 is 2.18 bits per heavy atom. The highest BCUT2D eigenvalue weighted by molar-refractivity contribution is 7.89. The van der Waals surface area contributed by atoms with Crippen LogP contribution in [0.3, 0.4) is 0 Å². The molecule has 1 unspecified atom stereocenters. The second-order valence-corrected chi connectivity index (χ2v) is 7.68. The van der Waals surface area contributed by atoms with Gasteiger partial charge in [-0.3, -0.25) is 19.8 Å². The number of nitrogens with zero attached hydrogens (tertiary/aromatic N) is 3. The Bertz CT molecular complexity index is 891. The molecule has 1 aromatic carbocycles. The number of non-ortho nitro benzene ring substituents is 1. The zero-order chi connectivity index (χ0) is 16.1. The molecule has 0 spiro atoms.